The maximum absolute atomic E-state index is 4.67. The van der Waals surface area contributed by atoms with Crippen molar-refractivity contribution < 1.29 is 0 Å². The molecule has 0 aliphatic carbocycles. The number of anilines is 1. The van der Waals surface area contributed by atoms with Gasteiger partial charge in [0.05, 0.1) is 0 Å². The van der Waals surface area contributed by atoms with Gasteiger partial charge in [0.15, 0.2) is 0 Å². The Morgan fingerprint density at radius 2 is 2.05 bits per heavy atom. The van der Waals surface area contributed by atoms with E-state index < -0.39 is 0 Å². The summed E-state index contributed by atoms with van der Waals surface area (Å²) < 4.78 is 0. The van der Waals surface area contributed by atoms with Crippen LogP contribution in [-0.4, -0.2) is 49.2 Å². The Morgan fingerprint density at radius 1 is 1.33 bits per heavy atom. The van der Waals surface area contributed by atoms with Crippen LogP contribution in [0.25, 0.3) is 0 Å². The molecule has 2 heterocycles. The number of likely N-dealkylation sites (N-methyl/N-ethyl adjacent to an activating group) is 1. The monoisotopic (exact) mass is 290 g/mol. The predicted octanol–water partition coefficient (Wildman–Crippen LogP) is 2.42. The summed E-state index contributed by atoms with van der Waals surface area (Å²) in [5.41, 5.74) is 2.53. The fraction of sp³-hybridized carbons (Fsp3) is 0.706. The van der Waals surface area contributed by atoms with Gasteiger partial charge in [-0.25, -0.2) is 4.98 Å². The first-order chi connectivity index (χ1) is 10.1. The highest BCUT2D eigenvalue weighted by atomic mass is 15.2. The molecule has 0 aromatic carbocycles. The molecular weight excluding hydrogens is 260 g/mol. The third kappa shape index (κ3) is 4.97. The molecule has 4 nitrogen and oxygen atoms in total. The van der Waals surface area contributed by atoms with Crippen molar-refractivity contribution in [1.29, 1.82) is 0 Å². The number of aryl methyl sites for hydroxylation is 1. The van der Waals surface area contributed by atoms with Gasteiger partial charge in [0.2, 0.25) is 0 Å². The lowest BCUT2D eigenvalue weighted by atomic mass is 10.2. The molecule has 0 atom stereocenters. The fourth-order valence-electron chi connectivity index (χ4n) is 2.85. The summed E-state index contributed by atoms with van der Waals surface area (Å²) in [5.74, 6) is 1.11. The average molecular weight is 290 g/mol. The molecule has 0 saturated carbocycles. The molecular formula is C17H30N4. The maximum Gasteiger partial charge on any atom is 0.131 e. The minimum atomic E-state index is 0.508. The molecule has 0 radical (unpaired) electrons. The van der Waals surface area contributed by atoms with Crippen LogP contribution in [0.5, 0.6) is 0 Å². The van der Waals surface area contributed by atoms with Gasteiger partial charge in [-0.3, -0.25) is 0 Å². The highest BCUT2D eigenvalue weighted by molar-refractivity contribution is 5.46. The van der Waals surface area contributed by atoms with Gasteiger partial charge in [0.1, 0.15) is 5.82 Å². The third-order valence-electron chi connectivity index (χ3n) is 4.13. The Labute approximate surface area is 129 Å². The van der Waals surface area contributed by atoms with Gasteiger partial charge < -0.3 is 15.1 Å². The summed E-state index contributed by atoms with van der Waals surface area (Å²) in [6.45, 7) is 12.1. The molecule has 1 fully saturated rings. The first kappa shape index (κ1) is 16.2. The van der Waals surface area contributed by atoms with Gasteiger partial charge in [-0.2, -0.15) is 0 Å². The Kier molecular flexibility index (Phi) is 6.00. The maximum atomic E-state index is 4.67. The van der Waals surface area contributed by atoms with E-state index in [1.54, 1.807) is 0 Å². The highest BCUT2D eigenvalue weighted by Gasteiger charge is 2.13. The van der Waals surface area contributed by atoms with Gasteiger partial charge in [0.25, 0.3) is 0 Å². The van der Waals surface area contributed by atoms with Crippen molar-refractivity contribution in [3.63, 3.8) is 0 Å². The number of pyridine rings is 1. The zero-order chi connectivity index (χ0) is 15.2. The van der Waals surface area contributed by atoms with E-state index in [4.69, 9.17) is 0 Å². The van der Waals surface area contributed by atoms with Crippen LogP contribution < -0.4 is 10.2 Å². The topological polar surface area (TPSA) is 31.4 Å². The average Bonchev–Trinajstić information content (AvgIpc) is 2.96. The second-order valence-electron chi connectivity index (χ2n) is 6.49. The van der Waals surface area contributed by atoms with Crippen molar-refractivity contribution in [2.75, 3.05) is 38.1 Å². The van der Waals surface area contributed by atoms with E-state index in [0.29, 0.717) is 6.04 Å². The highest BCUT2D eigenvalue weighted by Crippen LogP contribution is 2.17. The van der Waals surface area contributed by atoms with Crippen molar-refractivity contribution in [3.8, 4) is 0 Å². The molecule has 0 spiro atoms. The zero-order valence-electron chi connectivity index (χ0n) is 14.0. The molecule has 1 aliphatic heterocycles. The van der Waals surface area contributed by atoms with Crippen molar-refractivity contribution in [2.45, 2.75) is 46.2 Å². The van der Waals surface area contributed by atoms with Crippen molar-refractivity contribution in [3.05, 3.63) is 23.4 Å². The van der Waals surface area contributed by atoms with Crippen LogP contribution in [0.2, 0.25) is 0 Å². The summed E-state index contributed by atoms with van der Waals surface area (Å²) in [6.07, 6.45) is 4.72. The first-order valence-electron chi connectivity index (χ1n) is 8.18. The quantitative estimate of drug-likeness (QED) is 0.836. The van der Waals surface area contributed by atoms with Gasteiger partial charge in [0, 0.05) is 38.9 Å². The summed E-state index contributed by atoms with van der Waals surface area (Å²) in [5, 5.41) is 3.44. The molecule has 0 bridgehead atoms. The van der Waals surface area contributed by atoms with E-state index in [9.17, 15) is 0 Å². The lowest BCUT2D eigenvalue weighted by Crippen LogP contribution is -2.32. The molecule has 4 heteroatoms. The third-order valence-corrected chi connectivity index (χ3v) is 4.13. The van der Waals surface area contributed by atoms with Crippen molar-refractivity contribution in [1.82, 2.24) is 15.2 Å². The van der Waals surface area contributed by atoms with E-state index in [1.807, 2.05) is 6.20 Å². The number of aromatic nitrogens is 1. The summed E-state index contributed by atoms with van der Waals surface area (Å²) in [4.78, 5) is 9.50. The second kappa shape index (κ2) is 7.76. The Hall–Kier alpha value is -1.13. The molecule has 1 aliphatic rings. The molecule has 1 saturated heterocycles. The minimum absolute atomic E-state index is 0.508. The van der Waals surface area contributed by atoms with Crippen LogP contribution in [0, 0.1) is 6.92 Å². The Bertz CT molecular complexity index is 438. The van der Waals surface area contributed by atoms with Crippen LogP contribution in [-0.2, 0) is 6.54 Å². The molecule has 1 aromatic heterocycles. The summed E-state index contributed by atoms with van der Waals surface area (Å²) in [7, 11) is 2.15. The second-order valence-corrected chi connectivity index (χ2v) is 6.49. The van der Waals surface area contributed by atoms with E-state index in [2.05, 4.69) is 54.0 Å². The standard InChI is InChI=1S/C17H30N4/c1-14(2)18-12-16-11-15(3)17(19-13-16)20(4)9-10-21-7-5-6-8-21/h11,13-14,18H,5-10,12H2,1-4H3. The largest absolute Gasteiger partial charge is 0.358 e. The SMILES string of the molecule is Cc1cc(CNC(C)C)cnc1N(C)CCN1CCCC1. The summed E-state index contributed by atoms with van der Waals surface area (Å²) >= 11 is 0. The lowest BCUT2D eigenvalue weighted by Gasteiger charge is -2.24. The van der Waals surface area contributed by atoms with Gasteiger partial charge in [-0.05, 0) is 50.0 Å². The molecule has 1 aromatic rings. The molecule has 0 amide bonds. The molecule has 21 heavy (non-hydrogen) atoms. The Balaban J connectivity index is 1.89. The van der Waals surface area contributed by atoms with E-state index >= 15 is 0 Å². The molecule has 0 unspecified atom stereocenters. The number of hydrogen-bond acceptors (Lipinski definition) is 4. The predicted molar refractivity (Wildman–Crippen MR) is 89.9 cm³/mol. The van der Waals surface area contributed by atoms with Crippen molar-refractivity contribution >= 4 is 5.82 Å². The normalized spacial score (nSPS) is 15.9. The van der Waals surface area contributed by atoms with Crippen molar-refractivity contribution in [2.24, 2.45) is 0 Å². The van der Waals surface area contributed by atoms with E-state index in [1.165, 1.54) is 37.1 Å². The van der Waals surface area contributed by atoms with Gasteiger partial charge in [-0.1, -0.05) is 13.8 Å². The number of nitrogens with zero attached hydrogens (tertiary/aromatic N) is 3. The van der Waals surface area contributed by atoms with E-state index in [0.717, 1.165) is 25.5 Å². The van der Waals surface area contributed by atoms with Crippen LogP contribution in [0.4, 0.5) is 5.82 Å². The van der Waals surface area contributed by atoms with Gasteiger partial charge >= 0.3 is 0 Å². The smallest absolute Gasteiger partial charge is 0.131 e. The Morgan fingerprint density at radius 3 is 2.67 bits per heavy atom. The number of hydrogen-bond donors (Lipinski definition) is 1. The van der Waals surface area contributed by atoms with Crippen LogP contribution >= 0.6 is 0 Å². The molecule has 2 rings (SSSR count). The van der Waals surface area contributed by atoms with Gasteiger partial charge in [-0.15, -0.1) is 0 Å². The number of rotatable bonds is 7. The van der Waals surface area contributed by atoms with Crippen LogP contribution in [0.3, 0.4) is 0 Å². The first-order valence-corrected chi connectivity index (χ1v) is 8.18. The fourth-order valence-corrected chi connectivity index (χ4v) is 2.85. The van der Waals surface area contributed by atoms with Crippen LogP contribution in [0.15, 0.2) is 12.3 Å². The number of likely N-dealkylation sites (tertiary alicyclic amines) is 1. The van der Waals surface area contributed by atoms with Crippen LogP contribution in [0.1, 0.15) is 37.8 Å². The summed E-state index contributed by atoms with van der Waals surface area (Å²) in [6, 6.07) is 2.76. The molecule has 118 valence electrons. The van der Waals surface area contributed by atoms with E-state index in [-0.39, 0.29) is 0 Å². The minimum Gasteiger partial charge on any atom is -0.358 e. The lowest BCUT2D eigenvalue weighted by molar-refractivity contribution is 0.346. The zero-order valence-corrected chi connectivity index (χ0v) is 14.0. The number of nitrogens with one attached hydrogen (secondary N) is 1. The molecule has 1 N–H and O–H groups in total.